The van der Waals surface area contributed by atoms with Gasteiger partial charge < -0.3 is 24.4 Å². The Labute approximate surface area is 225 Å². The van der Waals surface area contributed by atoms with Gasteiger partial charge in [-0.2, -0.15) is 0 Å². The molecule has 0 spiro atoms. The lowest BCUT2D eigenvalue weighted by Crippen LogP contribution is -2.44. The minimum Gasteiger partial charge on any atom is -0.508 e. The van der Waals surface area contributed by atoms with Crippen LogP contribution in [0.15, 0.2) is 29.1 Å². The number of carbonyl (C=O) groups excluding carboxylic acids is 2. The number of rotatable bonds is 4. The van der Waals surface area contributed by atoms with Crippen LogP contribution in [0, 0.1) is 0 Å². The molecule has 10 nitrogen and oxygen atoms in total. The highest BCUT2D eigenvalue weighted by molar-refractivity contribution is 5.89. The van der Waals surface area contributed by atoms with Gasteiger partial charge in [-0.05, 0) is 43.5 Å². The van der Waals surface area contributed by atoms with Crippen LogP contribution < -0.4 is 5.56 Å². The summed E-state index contributed by atoms with van der Waals surface area (Å²) >= 11 is 0. The maximum absolute atomic E-state index is 13.4. The molecule has 1 amide bonds. The van der Waals surface area contributed by atoms with Crippen LogP contribution in [0.2, 0.25) is 0 Å². The number of esters is 1. The molecule has 0 bridgehead atoms. The van der Waals surface area contributed by atoms with Gasteiger partial charge in [0.15, 0.2) is 5.60 Å². The maximum atomic E-state index is 13.4. The molecular weight excluding hydrogens is 500 g/mol. The fourth-order valence-corrected chi connectivity index (χ4v) is 6.21. The summed E-state index contributed by atoms with van der Waals surface area (Å²) in [5.74, 6) is -0.484. The van der Waals surface area contributed by atoms with Gasteiger partial charge in [0.1, 0.15) is 12.4 Å². The van der Waals surface area contributed by atoms with E-state index in [4.69, 9.17) is 9.72 Å². The van der Waals surface area contributed by atoms with Gasteiger partial charge in [-0.15, -0.1) is 0 Å². The lowest BCUT2D eigenvalue weighted by molar-refractivity contribution is -0.172. The van der Waals surface area contributed by atoms with Crippen LogP contribution in [-0.2, 0) is 39.6 Å². The number of aliphatic hydroxyl groups is 1. The van der Waals surface area contributed by atoms with E-state index in [0.29, 0.717) is 30.0 Å². The van der Waals surface area contributed by atoms with E-state index in [9.17, 15) is 24.6 Å². The molecule has 0 radical (unpaired) electrons. The van der Waals surface area contributed by atoms with Crippen molar-refractivity contribution in [2.45, 2.75) is 64.4 Å². The molecule has 2 N–H and O–H groups in total. The van der Waals surface area contributed by atoms with Gasteiger partial charge in [0.05, 0.1) is 29.0 Å². The van der Waals surface area contributed by atoms with E-state index in [1.807, 2.05) is 13.1 Å². The Balaban J connectivity index is 1.36. The van der Waals surface area contributed by atoms with Crippen molar-refractivity contribution in [2.75, 3.05) is 20.1 Å². The molecule has 1 atom stereocenters. The van der Waals surface area contributed by atoms with Crippen LogP contribution in [0.1, 0.15) is 55.4 Å². The minimum absolute atomic E-state index is 0.0690. The predicted octanol–water partition coefficient (Wildman–Crippen LogP) is 2.23. The molecular formula is C29H32N4O6. The van der Waals surface area contributed by atoms with E-state index in [1.165, 1.54) is 0 Å². The van der Waals surface area contributed by atoms with Crippen molar-refractivity contribution in [3.8, 4) is 17.1 Å². The second kappa shape index (κ2) is 9.17. The molecule has 0 saturated carbocycles. The molecule has 5 heterocycles. The number of hydrogen-bond acceptors (Lipinski definition) is 8. The van der Waals surface area contributed by atoms with Gasteiger partial charge in [-0.25, -0.2) is 9.78 Å². The Kier molecular flexibility index (Phi) is 6.00. The number of piperidine rings is 1. The Hall–Kier alpha value is -3.76. The van der Waals surface area contributed by atoms with E-state index < -0.39 is 11.6 Å². The predicted molar refractivity (Wildman–Crippen MR) is 143 cm³/mol. The van der Waals surface area contributed by atoms with E-state index >= 15 is 0 Å². The third-order valence-corrected chi connectivity index (χ3v) is 8.76. The zero-order valence-corrected chi connectivity index (χ0v) is 22.4. The summed E-state index contributed by atoms with van der Waals surface area (Å²) in [6.45, 7) is 5.57. The summed E-state index contributed by atoms with van der Waals surface area (Å²) in [7, 11) is 1.85. The largest absolute Gasteiger partial charge is 0.508 e. The van der Waals surface area contributed by atoms with Crippen LogP contribution in [0.3, 0.4) is 0 Å². The first-order valence-electron chi connectivity index (χ1n) is 13.4. The molecule has 1 fully saturated rings. The van der Waals surface area contributed by atoms with Crippen LogP contribution in [0.4, 0.5) is 0 Å². The molecule has 6 rings (SSSR count). The number of hydrogen-bond donors (Lipinski definition) is 2. The maximum Gasteiger partial charge on any atom is 0.343 e. The third kappa shape index (κ3) is 3.92. The first-order valence-corrected chi connectivity index (χ1v) is 13.4. The van der Waals surface area contributed by atoms with Crippen LogP contribution >= 0.6 is 0 Å². The van der Waals surface area contributed by atoms with Crippen molar-refractivity contribution in [1.29, 1.82) is 0 Å². The molecule has 204 valence electrons. The number of nitrogens with zero attached hydrogens (tertiary/aromatic N) is 4. The van der Waals surface area contributed by atoms with Gasteiger partial charge in [-0.3, -0.25) is 14.5 Å². The van der Waals surface area contributed by atoms with E-state index in [2.05, 4.69) is 4.90 Å². The zero-order chi connectivity index (χ0) is 27.6. The monoisotopic (exact) mass is 532 g/mol. The number of cyclic esters (lactones) is 1. The van der Waals surface area contributed by atoms with Crippen molar-refractivity contribution in [1.82, 2.24) is 19.4 Å². The third-order valence-electron chi connectivity index (χ3n) is 8.76. The Morgan fingerprint density at radius 1 is 1.23 bits per heavy atom. The van der Waals surface area contributed by atoms with E-state index in [1.54, 1.807) is 41.5 Å². The quantitative estimate of drug-likeness (QED) is 0.384. The molecule has 3 aliphatic heterocycles. The number of amides is 1. The number of likely N-dealkylation sites (tertiary alicyclic amines) is 1. The van der Waals surface area contributed by atoms with Crippen LogP contribution in [0.5, 0.6) is 5.75 Å². The number of benzene rings is 1. The lowest BCUT2D eigenvalue weighted by atomic mass is 9.86. The zero-order valence-electron chi connectivity index (χ0n) is 22.4. The summed E-state index contributed by atoms with van der Waals surface area (Å²) in [6.07, 6.45) is 1.83. The minimum atomic E-state index is -1.87. The number of phenols is 1. The van der Waals surface area contributed by atoms with Crippen LogP contribution in [-0.4, -0.2) is 67.6 Å². The summed E-state index contributed by atoms with van der Waals surface area (Å²) in [6, 6.07) is 7.32. The molecule has 2 aromatic heterocycles. The molecule has 10 heteroatoms. The summed E-state index contributed by atoms with van der Waals surface area (Å²) in [4.78, 5) is 46.6. The standard InChI is InChI=1S/C29H32N4O6/c1-4-29(38)22-12-24-26-17(13-33(24)27(36)21(22)15-39-28(29)37)11-19-20(25(35)6-5-23(19)30-26)14-32-9-7-18(8-10-32)31(3)16(2)34/h5-6,11-12,18,35,38H,4,7-10,13-15H2,1-3H3/t29-/m0/s1. The van der Waals surface area contributed by atoms with Crippen molar-refractivity contribution in [2.24, 2.45) is 0 Å². The number of phenolic OH excluding ortho intramolecular Hbond substituents is 1. The highest BCUT2D eigenvalue weighted by atomic mass is 16.6. The van der Waals surface area contributed by atoms with Gasteiger partial charge in [0, 0.05) is 61.7 Å². The normalized spacial score (nSPS) is 20.9. The van der Waals surface area contributed by atoms with Crippen molar-refractivity contribution in [3.05, 3.63) is 56.9 Å². The van der Waals surface area contributed by atoms with Gasteiger partial charge in [-0.1, -0.05) is 6.92 Å². The highest BCUT2D eigenvalue weighted by Crippen LogP contribution is 2.40. The van der Waals surface area contributed by atoms with Crippen molar-refractivity contribution < 1.29 is 24.5 Å². The Bertz CT molecular complexity index is 1590. The average molecular weight is 533 g/mol. The number of pyridine rings is 2. The Morgan fingerprint density at radius 2 is 1.97 bits per heavy atom. The van der Waals surface area contributed by atoms with E-state index in [-0.39, 0.29) is 47.4 Å². The average Bonchev–Trinajstić information content (AvgIpc) is 3.29. The molecule has 3 aliphatic rings. The smallest absolute Gasteiger partial charge is 0.343 e. The van der Waals surface area contributed by atoms with Gasteiger partial charge in [0.2, 0.25) is 5.91 Å². The fraction of sp³-hybridized carbons (Fsp3) is 0.448. The number of ether oxygens (including phenoxy) is 1. The summed E-state index contributed by atoms with van der Waals surface area (Å²) in [5.41, 5.74) is 1.91. The van der Waals surface area contributed by atoms with Gasteiger partial charge in [0.25, 0.3) is 5.56 Å². The highest BCUT2D eigenvalue weighted by Gasteiger charge is 2.45. The summed E-state index contributed by atoms with van der Waals surface area (Å²) in [5, 5.41) is 22.7. The number of fused-ring (bicyclic) bond motifs is 5. The number of carbonyl (C=O) groups is 2. The van der Waals surface area contributed by atoms with E-state index in [0.717, 1.165) is 42.4 Å². The second-order valence-electron chi connectivity index (χ2n) is 10.9. The topological polar surface area (TPSA) is 125 Å². The number of aromatic nitrogens is 2. The molecule has 0 aliphatic carbocycles. The van der Waals surface area contributed by atoms with Crippen molar-refractivity contribution in [3.63, 3.8) is 0 Å². The first kappa shape index (κ1) is 25.5. The molecule has 39 heavy (non-hydrogen) atoms. The summed E-state index contributed by atoms with van der Waals surface area (Å²) < 4.78 is 6.77. The molecule has 0 unspecified atom stereocenters. The molecule has 1 aromatic carbocycles. The Morgan fingerprint density at radius 3 is 2.67 bits per heavy atom. The lowest BCUT2D eigenvalue weighted by Gasteiger charge is -2.36. The SMILES string of the molecule is CC[C@@]1(O)C(=O)OCc2c1cc1n(c2=O)Cc2cc3c(CN4CCC(N(C)C(C)=O)CC4)c(O)ccc3nc2-1. The molecule has 3 aromatic rings. The van der Waals surface area contributed by atoms with Gasteiger partial charge >= 0.3 is 5.97 Å². The van der Waals surface area contributed by atoms with Crippen molar-refractivity contribution >= 4 is 22.8 Å². The van der Waals surface area contributed by atoms with Crippen LogP contribution in [0.25, 0.3) is 22.3 Å². The second-order valence-corrected chi connectivity index (χ2v) is 10.9. The molecule has 1 saturated heterocycles. The first-order chi connectivity index (χ1) is 18.6. The fourth-order valence-electron chi connectivity index (χ4n) is 6.21. The number of aromatic hydroxyl groups is 1.